The molecule has 1 saturated heterocycles. The Morgan fingerprint density at radius 3 is 3.00 bits per heavy atom. The fourth-order valence-corrected chi connectivity index (χ4v) is 2.12. The number of hydrogen-bond acceptors (Lipinski definition) is 4. The summed E-state index contributed by atoms with van der Waals surface area (Å²) < 4.78 is 0. The van der Waals surface area contributed by atoms with Crippen LogP contribution in [0.25, 0.3) is 0 Å². The van der Waals surface area contributed by atoms with Crippen molar-refractivity contribution >= 4 is 0 Å². The first-order valence-electron chi connectivity index (χ1n) is 5.61. The number of rotatable bonds is 1. The average molecular weight is 222 g/mol. The monoisotopic (exact) mass is 222 g/mol. The summed E-state index contributed by atoms with van der Waals surface area (Å²) in [5.41, 5.74) is -0.0784. The third-order valence-electron chi connectivity index (χ3n) is 3.07. The van der Waals surface area contributed by atoms with Crippen molar-refractivity contribution in [3.05, 3.63) is 28.4 Å². The van der Waals surface area contributed by atoms with Gasteiger partial charge in [-0.3, -0.25) is 9.69 Å². The Balaban J connectivity index is 2.26. The summed E-state index contributed by atoms with van der Waals surface area (Å²) in [6.45, 7) is 3.04. The van der Waals surface area contributed by atoms with Crippen molar-refractivity contribution in [3.8, 4) is 0 Å². The molecule has 0 spiro atoms. The van der Waals surface area contributed by atoms with E-state index in [1.807, 2.05) is 0 Å². The maximum absolute atomic E-state index is 11.3. The molecule has 0 amide bonds. The Labute approximate surface area is 95.1 Å². The first kappa shape index (κ1) is 11.3. The van der Waals surface area contributed by atoms with Gasteiger partial charge in [0.25, 0.3) is 5.56 Å². The van der Waals surface area contributed by atoms with Crippen molar-refractivity contribution in [2.45, 2.75) is 12.5 Å². The predicted octanol–water partition coefficient (Wildman–Crippen LogP) is 0.0783. The van der Waals surface area contributed by atoms with Gasteiger partial charge < -0.3 is 9.88 Å². The molecule has 5 heteroatoms. The number of H-pyrrole nitrogens is 1. The minimum absolute atomic E-state index is 0.0784. The summed E-state index contributed by atoms with van der Waals surface area (Å²) in [6, 6.07) is 1.63. The minimum Gasteiger partial charge on any atom is -0.309 e. The second kappa shape index (κ2) is 4.76. The van der Waals surface area contributed by atoms with Crippen LogP contribution in [0, 0.1) is 0 Å². The second-order valence-electron chi connectivity index (χ2n) is 4.43. The molecule has 1 fully saturated rings. The molecule has 1 aromatic heterocycles. The van der Waals surface area contributed by atoms with Gasteiger partial charge in [-0.1, -0.05) is 0 Å². The lowest BCUT2D eigenvalue weighted by Crippen LogP contribution is -2.33. The van der Waals surface area contributed by atoms with Crippen molar-refractivity contribution in [2.24, 2.45) is 0 Å². The maximum atomic E-state index is 11.3. The topological polar surface area (TPSA) is 52.2 Å². The molecule has 1 N–H and O–H groups in total. The fraction of sp³-hybridized carbons (Fsp3) is 0.636. The smallest absolute Gasteiger partial charge is 0.250 e. The number of aromatic amines is 1. The quantitative estimate of drug-likeness (QED) is 0.731. The minimum atomic E-state index is -0.0784. The van der Waals surface area contributed by atoms with Crippen LogP contribution in [0.15, 0.2) is 17.1 Å². The Morgan fingerprint density at radius 2 is 2.25 bits per heavy atom. The molecule has 1 atom stereocenters. The number of aromatic nitrogens is 2. The van der Waals surface area contributed by atoms with E-state index in [4.69, 9.17) is 0 Å². The van der Waals surface area contributed by atoms with E-state index in [9.17, 15) is 4.79 Å². The number of nitrogens with zero attached hydrogens (tertiary/aromatic N) is 3. The molecule has 0 radical (unpaired) electrons. The molecule has 2 rings (SSSR count). The van der Waals surface area contributed by atoms with Gasteiger partial charge in [-0.25, -0.2) is 4.98 Å². The van der Waals surface area contributed by atoms with Crippen LogP contribution in [0.4, 0.5) is 0 Å². The summed E-state index contributed by atoms with van der Waals surface area (Å²) >= 11 is 0. The Kier molecular flexibility index (Phi) is 3.36. The molecule has 1 aliphatic heterocycles. The van der Waals surface area contributed by atoms with Gasteiger partial charge in [0.1, 0.15) is 5.82 Å². The Bertz CT molecular complexity index is 403. The molecule has 0 saturated carbocycles. The zero-order valence-corrected chi connectivity index (χ0v) is 9.81. The predicted molar refractivity (Wildman–Crippen MR) is 62.3 cm³/mol. The van der Waals surface area contributed by atoms with Crippen LogP contribution in [-0.4, -0.2) is 53.5 Å². The highest BCUT2D eigenvalue weighted by Gasteiger charge is 2.23. The van der Waals surface area contributed by atoms with Gasteiger partial charge in [0.05, 0.1) is 6.04 Å². The molecular weight excluding hydrogens is 204 g/mol. The highest BCUT2D eigenvalue weighted by Crippen LogP contribution is 2.18. The van der Waals surface area contributed by atoms with E-state index in [-0.39, 0.29) is 11.6 Å². The molecule has 0 aromatic carbocycles. The van der Waals surface area contributed by atoms with Crippen LogP contribution in [0.2, 0.25) is 0 Å². The van der Waals surface area contributed by atoms with E-state index in [1.165, 1.54) is 6.07 Å². The third kappa shape index (κ3) is 2.48. The van der Waals surface area contributed by atoms with Crippen LogP contribution in [-0.2, 0) is 0 Å². The lowest BCUT2D eigenvalue weighted by Gasteiger charge is -2.26. The van der Waals surface area contributed by atoms with Crippen molar-refractivity contribution in [1.82, 2.24) is 19.8 Å². The highest BCUT2D eigenvalue weighted by molar-refractivity contribution is 4.98. The summed E-state index contributed by atoms with van der Waals surface area (Å²) in [5.74, 6) is 0.767. The molecule has 1 unspecified atom stereocenters. The zero-order valence-electron chi connectivity index (χ0n) is 9.81. The van der Waals surface area contributed by atoms with Gasteiger partial charge in [0.15, 0.2) is 0 Å². The average Bonchev–Trinajstić information content (AvgIpc) is 2.41. The number of likely N-dealkylation sites (N-methyl/N-ethyl adjacent to an activating group) is 2. The van der Waals surface area contributed by atoms with Gasteiger partial charge in [0.2, 0.25) is 0 Å². The van der Waals surface area contributed by atoms with E-state index >= 15 is 0 Å². The van der Waals surface area contributed by atoms with Crippen LogP contribution < -0.4 is 5.56 Å². The lowest BCUT2D eigenvalue weighted by atomic mass is 10.2. The SMILES string of the molecule is CN1CCCN(C)C(c2nccc(=O)[nH]2)C1. The van der Waals surface area contributed by atoms with Crippen molar-refractivity contribution < 1.29 is 0 Å². The molecule has 0 aliphatic carbocycles. The Hall–Kier alpha value is -1.20. The first-order chi connectivity index (χ1) is 7.66. The summed E-state index contributed by atoms with van der Waals surface area (Å²) in [7, 11) is 4.18. The molecule has 16 heavy (non-hydrogen) atoms. The van der Waals surface area contributed by atoms with Crippen molar-refractivity contribution in [2.75, 3.05) is 33.7 Å². The number of hydrogen-bond donors (Lipinski definition) is 1. The normalized spacial score (nSPS) is 24.2. The summed E-state index contributed by atoms with van der Waals surface area (Å²) in [4.78, 5) is 22.9. The fourth-order valence-electron chi connectivity index (χ4n) is 2.12. The molecule has 1 aliphatic rings. The van der Waals surface area contributed by atoms with E-state index in [2.05, 4.69) is 33.9 Å². The van der Waals surface area contributed by atoms with E-state index in [0.29, 0.717) is 0 Å². The van der Waals surface area contributed by atoms with Gasteiger partial charge in [-0.2, -0.15) is 0 Å². The van der Waals surface area contributed by atoms with E-state index in [0.717, 1.165) is 31.9 Å². The van der Waals surface area contributed by atoms with Crippen LogP contribution in [0.3, 0.4) is 0 Å². The number of nitrogens with one attached hydrogen (secondary N) is 1. The van der Waals surface area contributed by atoms with E-state index in [1.54, 1.807) is 6.20 Å². The van der Waals surface area contributed by atoms with Gasteiger partial charge >= 0.3 is 0 Å². The van der Waals surface area contributed by atoms with Gasteiger partial charge in [0, 0.05) is 18.8 Å². The van der Waals surface area contributed by atoms with Crippen LogP contribution in [0.5, 0.6) is 0 Å². The van der Waals surface area contributed by atoms with Crippen LogP contribution >= 0.6 is 0 Å². The lowest BCUT2D eigenvalue weighted by molar-refractivity contribution is 0.219. The largest absolute Gasteiger partial charge is 0.309 e. The zero-order chi connectivity index (χ0) is 11.5. The molecular formula is C11H18N4O. The molecule has 0 bridgehead atoms. The Morgan fingerprint density at radius 1 is 1.44 bits per heavy atom. The van der Waals surface area contributed by atoms with Crippen molar-refractivity contribution in [3.63, 3.8) is 0 Å². The van der Waals surface area contributed by atoms with Gasteiger partial charge in [-0.05, 0) is 33.6 Å². The summed E-state index contributed by atoms with van der Waals surface area (Å²) in [6.07, 6.45) is 2.73. The summed E-state index contributed by atoms with van der Waals surface area (Å²) in [5, 5.41) is 0. The van der Waals surface area contributed by atoms with Crippen molar-refractivity contribution in [1.29, 1.82) is 0 Å². The van der Waals surface area contributed by atoms with Crippen LogP contribution in [0.1, 0.15) is 18.3 Å². The third-order valence-corrected chi connectivity index (χ3v) is 3.07. The first-order valence-corrected chi connectivity index (χ1v) is 5.61. The van der Waals surface area contributed by atoms with E-state index < -0.39 is 0 Å². The van der Waals surface area contributed by atoms with Gasteiger partial charge in [-0.15, -0.1) is 0 Å². The molecule has 88 valence electrons. The standard InChI is InChI=1S/C11H18N4O/c1-14-6-3-7-15(2)9(8-14)11-12-5-4-10(16)13-11/h4-5,9H,3,6-8H2,1-2H3,(H,12,13,16). The molecule has 5 nitrogen and oxygen atoms in total. The molecule has 2 heterocycles. The highest BCUT2D eigenvalue weighted by atomic mass is 16.1. The molecule has 1 aromatic rings. The second-order valence-corrected chi connectivity index (χ2v) is 4.43. The maximum Gasteiger partial charge on any atom is 0.250 e.